The lowest BCUT2D eigenvalue weighted by atomic mass is 10.2. The predicted octanol–water partition coefficient (Wildman–Crippen LogP) is 5.11. The molecule has 0 aliphatic carbocycles. The van der Waals surface area contributed by atoms with Crippen molar-refractivity contribution in [1.82, 2.24) is 4.98 Å². The van der Waals surface area contributed by atoms with E-state index >= 15 is 0 Å². The average Bonchev–Trinajstić information content (AvgIpc) is 2.62. The van der Waals surface area contributed by atoms with E-state index < -0.39 is 0 Å². The van der Waals surface area contributed by atoms with Crippen LogP contribution in [0.1, 0.15) is 20.7 Å². The van der Waals surface area contributed by atoms with Crippen LogP contribution in [0.25, 0.3) is 0 Å². The Bertz CT molecular complexity index is 902. The number of pyridine rings is 1. The summed E-state index contributed by atoms with van der Waals surface area (Å²) < 4.78 is 1.38. The normalized spacial score (nSPS) is 10.2. The molecule has 7 heteroatoms. The third-order valence-electron chi connectivity index (χ3n) is 3.47. The summed E-state index contributed by atoms with van der Waals surface area (Å²) in [7, 11) is 0. The van der Waals surface area contributed by atoms with Crippen molar-refractivity contribution in [2.45, 2.75) is 0 Å². The fourth-order valence-electron chi connectivity index (χ4n) is 2.23. The number of carbonyl (C=O) groups is 2. The fraction of sp³-hybridized carbons (Fsp3) is 0. The SMILES string of the molecule is O=C(Nc1cccc(NC(=O)c2ccccc2Br)n1)c1ccccc1Br. The van der Waals surface area contributed by atoms with Crippen LogP contribution in [0.5, 0.6) is 0 Å². The van der Waals surface area contributed by atoms with Crippen molar-refractivity contribution >= 4 is 55.3 Å². The summed E-state index contributed by atoms with van der Waals surface area (Å²) in [6.45, 7) is 0. The predicted molar refractivity (Wildman–Crippen MR) is 108 cm³/mol. The van der Waals surface area contributed by atoms with Crippen molar-refractivity contribution in [3.05, 3.63) is 86.8 Å². The molecular formula is C19H13Br2N3O2. The number of nitrogens with one attached hydrogen (secondary N) is 2. The maximum atomic E-state index is 12.4. The molecule has 3 aromatic rings. The van der Waals surface area contributed by atoms with Crippen LogP contribution in [0.4, 0.5) is 11.6 Å². The Morgan fingerprint density at radius 3 is 1.50 bits per heavy atom. The Morgan fingerprint density at radius 1 is 0.654 bits per heavy atom. The van der Waals surface area contributed by atoms with Gasteiger partial charge in [-0.3, -0.25) is 9.59 Å². The zero-order valence-electron chi connectivity index (χ0n) is 13.4. The molecule has 0 saturated carbocycles. The van der Waals surface area contributed by atoms with Gasteiger partial charge in [0.05, 0.1) is 11.1 Å². The Hall–Kier alpha value is -2.51. The highest BCUT2D eigenvalue weighted by Gasteiger charge is 2.12. The minimum Gasteiger partial charge on any atom is -0.306 e. The van der Waals surface area contributed by atoms with Gasteiger partial charge in [0.15, 0.2) is 0 Å². The molecule has 5 nitrogen and oxygen atoms in total. The maximum absolute atomic E-state index is 12.4. The van der Waals surface area contributed by atoms with E-state index in [1.54, 1.807) is 54.6 Å². The van der Waals surface area contributed by atoms with Gasteiger partial charge in [0, 0.05) is 8.95 Å². The summed E-state index contributed by atoms with van der Waals surface area (Å²) in [5.74, 6) is 0.102. The van der Waals surface area contributed by atoms with Crippen LogP contribution in [-0.4, -0.2) is 16.8 Å². The topological polar surface area (TPSA) is 71.1 Å². The van der Waals surface area contributed by atoms with Gasteiger partial charge in [0.2, 0.25) is 0 Å². The number of hydrogen-bond acceptors (Lipinski definition) is 3. The summed E-state index contributed by atoms with van der Waals surface area (Å²) in [4.78, 5) is 29.0. The Balaban J connectivity index is 1.74. The van der Waals surface area contributed by atoms with Gasteiger partial charge in [-0.2, -0.15) is 0 Å². The van der Waals surface area contributed by atoms with Gasteiger partial charge in [0.25, 0.3) is 11.8 Å². The number of nitrogens with zero attached hydrogens (tertiary/aromatic N) is 1. The van der Waals surface area contributed by atoms with E-state index in [0.717, 1.165) is 0 Å². The number of amides is 2. The molecule has 1 aromatic heterocycles. The minimum absolute atomic E-state index is 0.292. The molecule has 0 unspecified atom stereocenters. The monoisotopic (exact) mass is 473 g/mol. The third-order valence-corrected chi connectivity index (χ3v) is 4.85. The highest BCUT2D eigenvalue weighted by Crippen LogP contribution is 2.19. The molecular weight excluding hydrogens is 462 g/mol. The minimum atomic E-state index is -0.292. The van der Waals surface area contributed by atoms with E-state index in [1.807, 2.05) is 12.1 Å². The fourth-order valence-corrected chi connectivity index (χ4v) is 3.16. The number of carbonyl (C=O) groups excluding carboxylic acids is 2. The third kappa shape index (κ3) is 4.36. The van der Waals surface area contributed by atoms with E-state index in [9.17, 15) is 9.59 Å². The first kappa shape index (κ1) is 18.3. The molecule has 0 aliphatic rings. The molecule has 26 heavy (non-hydrogen) atoms. The van der Waals surface area contributed by atoms with E-state index in [0.29, 0.717) is 31.7 Å². The first-order chi connectivity index (χ1) is 12.5. The van der Waals surface area contributed by atoms with Gasteiger partial charge >= 0.3 is 0 Å². The molecule has 1 heterocycles. The molecule has 0 spiro atoms. The maximum Gasteiger partial charge on any atom is 0.257 e. The lowest BCUT2D eigenvalue weighted by Gasteiger charge is -2.09. The van der Waals surface area contributed by atoms with Gasteiger partial charge in [0.1, 0.15) is 11.6 Å². The zero-order chi connectivity index (χ0) is 18.5. The van der Waals surface area contributed by atoms with Crippen molar-refractivity contribution in [2.24, 2.45) is 0 Å². The summed E-state index contributed by atoms with van der Waals surface area (Å²) in [6.07, 6.45) is 0. The second-order valence-corrected chi connectivity index (χ2v) is 6.98. The number of rotatable bonds is 4. The molecule has 0 saturated heterocycles. The number of aromatic nitrogens is 1. The molecule has 0 radical (unpaired) electrons. The average molecular weight is 475 g/mol. The van der Waals surface area contributed by atoms with Crippen LogP contribution in [0, 0.1) is 0 Å². The molecule has 2 N–H and O–H groups in total. The van der Waals surface area contributed by atoms with E-state index in [1.165, 1.54) is 0 Å². The largest absolute Gasteiger partial charge is 0.306 e. The van der Waals surface area contributed by atoms with Crippen LogP contribution in [0.3, 0.4) is 0 Å². The van der Waals surface area contributed by atoms with Crippen LogP contribution >= 0.6 is 31.9 Å². The molecule has 0 fully saturated rings. The second kappa shape index (κ2) is 8.25. The van der Waals surface area contributed by atoms with Crippen molar-refractivity contribution in [3.63, 3.8) is 0 Å². The zero-order valence-corrected chi connectivity index (χ0v) is 16.5. The van der Waals surface area contributed by atoms with Gasteiger partial charge in [-0.05, 0) is 68.3 Å². The van der Waals surface area contributed by atoms with Crippen molar-refractivity contribution in [3.8, 4) is 0 Å². The first-order valence-electron chi connectivity index (χ1n) is 7.63. The quantitative estimate of drug-likeness (QED) is 0.551. The van der Waals surface area contributed by atoms with Crippen LogP contribution in [0.2, 0.25) is 0 Å². The Morgan fingerprint density at radius 2 is 1.08 bits per heavy atom. The number of halogens is 2. The smallest absolute Gasteiger partial charge is 0.257 e. The Kier molecular flexibility index (Phi) is 5.80. The standard InChI is InChI=1S/C19H13Br2N3O2/c20-14-8-3-1-6-12(14)18(25)23-16-10-5-11-17(22-16)24-19(26)13-7-2-4-9-15(13)21/h1-11H,(H2,22,23,24,25,26). The van der Waals surface area contributed by atoms with Crippen molar-refractivity contribution in [2.75, 3.05) is 10.6 Å². The Labute approximate surface area is 167 Å². The van der Waals surface area contributed by atoms with Crippen LogP contribution < -0.4 is 10.6 Å². The van der Waals surface area contributed by atoms with Gasteiger partial charge < -0.3 is 10.6 Å². The summed E-state index contributed by atoms with van der Waals surface area (Å²) >= 11 is 6.69. The van der Waals surface area contributed by atoms with E-state index in [2.05, 4.69) is 47.5 Å². The number of benzene rings is 2. The lowest BCUT2D eigenvalue weighted by molar-refractivity contribution is 0.101. The van der Waals surface area contributed by atoms with Gasteiger partial charge in [-0.15, -0.1) is 0 Å². The molecule has 0 atom stereocenters. The summed E-state index contributed by atoms with van der Waals surface area (Å²) in [6, 6.07) is 19.2. The number of anilines is 2. The molecule has 2 aromatic carbocycles. The second-order valence-electron chi connectivity index (χ2n) is 5.28. The van der Waals surface area contributed by atoms with Gasteiger partial charge in [-0.1, -0.05) is 30.3 Å². The number of hydrogen-bond donors (Lipinski definition) is 2. The molecule has 3 rings (SSSR count). The highest BCUT2D eigenvalue weighted by molar-refractivity contribution is 9.10. The molecule has 0 bridgehead atoms. The highest BCUT2D eigenvalue weighted by atomic mass is 79.9. The van der Waals surface area contributed by atoms with Crippen molar-refractivity contribution in [1.29, 1.82) is 0 Å². The first-order valence-corrected chi connectivity index (χ1v) is 9.22. The van der Waals surface area contributed by atoms with E-state index in [4.69, 9.17) is 0 Å². The molecule has 130 valence electrons. The molecule has 2 amide bonds. The lowest BCUT2D eigenvalue weighted by Crippen LogP contribution is -2.16. The van der Waals surface area contributed by atoms with Crippen LogP contribution in [-0.2, 0) is 0 Å². The molecule has 0 aliphatic heterocycles. The van der Waals surface area contributed by atoms with Crippen molar-refractivity contribution < 1.29 is 9.59 Å². The van der Waals surface area contributed by atoms with E-state index in [-0.39, 0.29) is 11.8 Å². The van der Waals surface area contributed by atoms with Crippen LogP contribution in [0.15, 0.2) is 75.7 Å². The summed E-state index contributed by atoms with van der Waals surface area (Å²) in [5.41, 5.74) is 0.994. The summed E-state index contributed by atoms with van der Waals surface area (Å²) in [5, 5.41) is 5.45. The van der Waals surface area contributed by atoms with Gasteiger partial charge in [-0.25, -0.2) is 4.98 Å².